The van der Waals surface area contributed by atoms with E-state index < -0.39 is 0 Å². The molecule has 0 radical (unpaired) electrons. The van der Waals surface area contributed by atoms with Crippen molar-refractivity contribution in [2.75, 3.05) is 0 Å². The molecule has 0 bridgehead atoms. The van der Waals surface area contributed by atoms with E-state index in [0.29, 0.717) is 0 Å². The first-order chi connectivity index (χ1) is 25.8. The number of fused-ring (bicyclic) bond motifs is 13. The lowest BCUT2D eigenvalue weighted by Gasteiger charge is -2.16. The van der Waals surface area contributed by atoms with Gasteiger partial charge in [0.1, 0.15) is 0 Å². The largest absolute Gasteiger partial charge is 0.0622 e. The summed E-state index contributed by atoms with van der Waals surface area (Å²) in [6, 6.07) is 60.2. The van der Waals surface area contributed by atoms with E-state index in [1.54, 1.807) is 0 Å². The summed E-state index contributed by atoms with van der Waals surface area (Å²) >= 11 is 0. The molecule has 1 aliphatic rings. The van der Waals surface area contributed by atoms with Crippen molar-refractivity contribution < 1.29 is 0 Å². The maximum atomic E-state index is 2.50. The van der Waals surface area contributed by atoms with Gasteiger partial charge < -0.3 is 0 Å². The van der Waals surface area contributed by atoms with Crippen molar-refractivity contribution in [3.05, 3.63) is 158 Å². The lowest BCUT2D eigenvalue weighted by Crippen LogP contribution is -1.87. The van der Waals surface area contributed by atoms with Crippen molar-refractivity contribution in [3.63, 3.8) is 0 Å². The molecule has 14 rings (SSSR count). The van der Waals surface area contributed by atoms with E-state index in [4.69, 9.17) is 0 Å². The molecule has 0 heteroatoms. The standard InChI is InChI=1S/C52H26/c1-2-7-27(8-3-1)28-13-14-32-44(23-28)34-12-6-11-33-43-26-46-42-22-20-40-38-18-16-36-31-10-5-4-9-30(31)35-15-17-37(50(38)49(35)36)39-19-21-41(52(42)51(39)40)45(46)24-29(43)25-47(32)48(33)34/h1-26H. The third-order valence-corrected chi connectivity index (χ3v) is 12.8. The monoisotopic (exact) mass is 650 g/mol. The van der Waals surface area contributed by atoms with Gasteiger partial charge in [-0.3, -0.25) is 0 Å². The van der Waals surface area contributed by atoms with E-state index in [2.05, 4.69) is 158 Å². The van der Waals surface area contributed by atoms with Crippen LogP contribution in [-0.2, 0) is 0 Å². The summed E-state index contributed by atoms with van der Waals surface area (Å²) in [5.41, 5.74) is 7.96. The molecule has 0 spiro atoms. The Labute approximate surface area is 297 Å². The first-order valence-electron chi connectivity index (χ1n) is 18.3. The molecule has 0 amide bonds. The molecule has 0 aliphatic heterocycles. The van der Waals surface area contributed by atoms with Crippen LogP contribution in [0.3, 0.4) is 0 Å². The van der Waals surface area contributed by atoms with Crippen LogP contribution in [0.2, 0.25) is 0 Å². The Bertz CT molecular complexity index is 3640. The highest BCUT2D eigenvalue weighted by Crippen LogP contribution is 2.54. The first-order valence-corrected chi connectivity index (χ1v) is 18.3. The summed E-state index contributed by atoms with van der Waals surface area (Å²) in [6.45, 7) is 0. The lowest BCUT2D eigenvalue weighted by molar-refractivity contribution is 1.66. The molecule has 0 heterocycles. The second-order valence-corrected chi connectivity index (χ2v) is 15.1. The zero-order chi connectivity index (χ0) is 33.4. The summed E-state index contributed by atoms with van der Waals surface area (Å²) < 4.78 is 0. The van der Waals surface area contributed by atoms with Gasteiger partial charge in [0.25, 0.3) is 0 Å². The van der Waals surface area contributed by atoms with Crippen LogP contribution < -0.4 is 0 Å². The maximum Gasteiger partial charge on any atom is -0.00139 e. The van der Waals surface area contributed by atoms with E-state index in [9.17, 15) is 0 Å². The van der Waals surface area contributed by atoms with Gasteiger partial charge in [-0.1, -0.05) is 133 Å². The second kappa shape index (κ2) is 8.75. The van der Waals surface area contributed by atoms with Crippen LogP contribution in [0.15, 0.2) is 158 Å². The molecule has 0 aromatic heterocycles. The van der Waals surface area contributed by atoms with Crippen LogP contribution in [0.5, 0.6) is 0 Å². The van der Waals surface area contributed by atoms with Gasteiger partial charge in [0.15, 0.2) is 0 Å². The Kier molecular flexibility index (Phi) is 4.39. The van der Waals surface area contributed by atoms with Crippen LogP contribution in [-0.4, -0.2) is 0 Å². The van der Waals surface area contributed by atoms with Gasteiger partial charge in [-0.05, 0) is 165 Å². The van der Waals surface area contributed by atoms with Crippen LogP contribution in [0.25, 0.3) is 141 Å². The van der Waals surface area contributed by atoms with Crippen LogP contribution >= 0.6 is 0 Å². The van der Waals surface area contributed by atoms with E-state index >= 15 is 0 Å². The SMILES string of the molecule is c1ccc(-c2ccc3c(c2)c2cccc4c5cc6c(cc5cc3c42)c2ccc3c4ccc5c7c(ccc(c8ccc6c2c38)c74)-c2ccccc2-5)cc1. The predicted octanol–water partition coefficient (Wildman–Crippen LogP) is 14.8. The minimum absolute atomic E-state index is 1.26. The van der Waals surface area contributed by atoms with Gasteiger partial charge in [-0.2, -0.15) is 0 Å². The smallest absolute Gasteiger partial charge is 0.00139 e. The number of hydrogen-bond acceptors (Lipinski definition) is 0. The highest BCUT2D eigenvalue weighted by atomic mass is 14.3. The fourth-order valence-electron chi connectivity index (χ4n) is 10.7. The average Bonchev–Trinajstić information content (AvgIpc) is 3.83. The molecule has 0 nitrogen and oxygen atoms in total. The molecule has 0 saturated carbocycles. The fraction of sp³-hybridized carbons (Fsp3) is 0. The summed E-state index contributed by atoms with van der Waals surface area (Å²) in [6.07, 6.45) is 0. The zero-order valence-corrected chi connectivity index (χ0v) is 28.0. The summed E-state index contributed by atoms with van der Waals surface area (Å²) in [5, 5.41) is 27.2. The normalized spacial score (nSPS) is 13.0. The topological polar surface area (TPSA) is 0 Å². The Balaban J connectivity index is 1.08. The second-order valence-electron chi connectivity index (χ2n) is 15.1. The van der Waals surface area contributed by atoms with Gasteiger partial charge in [0.2, 0.25) is 0 Å². The molecule has 0 saturated heterocycles. The van der Waals surface area contributed by atoms with E-state index in [-0.39, 0.29) is 0 Å². The van der Waals surface area contributed by atoms with Crippen LogP contribution in [0.1, 0.15) is 0 Å². The number of rotatable bonds is 1. The molecule has 0 fully saturated rings. The lowest BCUT2D eigenvalue weighted by atomic mass is 9.87. The van der Waals surface area contributed by atoms with Gasteiger partial charge in [-0.15, -0.1) is 0 Å². The third kappa shape index (κ3) is 2.90. The number of benzene rings is 11. The van der Waals surface area contributed by atoms with Crippen LogP contribution in [0, 0.1) is 0 Å². The van der Waals surface area contributed by atoms with Crippen molar-refractivity contribution in [1.82, 2.24) is 0 Å². The highest BCUT2D eigenvalue weighted by molar-refractivity contribution is 6.44. The quantitative estimate of drug-likeness (QED) is 0.123. The van der Waals surface area contributed by atoms with Crippen molar-refractivity contribution >= 4 is 108 Å². The summed E-state index contributed by atoms with van der Waals surface area (Å²) in [4.78, 5) is 0. The van der Waals surface area contributed by atoms with Crippen molar-refractivity contribution in [2.45, 2.75) is 0 Å². The molecular formula is C52H26. The Morgan fingerprint density at radius 3 is 1.35 bits per heavy atom. The van der Waals surface area contributed by atoms with Crippen molar-refractivity contribution in [2.24, 2.45) is 0 Å². The molecule has 0 atom stereocenters. The summed E-state index contributed by atoms with van der Waals surface area (Å²) in [5.74, 6) is 0. The summed E-state index contributed by atoms with van der Waals surface area (Å²) in [7, 11) is 0. The molecule has 1 aliphatic carbocycles. The fourth-order valence-corrected chi connectivity index (χ4v) is 10.7. The molecule has 0 N–H and O–H groups in total. The molecular weight excluding hydrogens is 625 g/mol. The predicted molar refractivity (Wildman–Crippen MR) is 225 cm³/mol. The number of hydrogen-bond donors (Lipinski definition) is 0. The molecule has 234 valence electrons. The Morgan fingerprint density at radius 1 is 0.192 bits per heavy atom. The molecule has 0 unspecified atom stereocenters. The third-order valence-electron chi connectivity index (χ3n) is 12.8. The van der Waals surface area contributed by atoms with Gasteiger partial charge in [0.05, 0.1) is 0 Å². The van der Waals surface area contributed by atoms with Crippen molar-refractivity contribution in [1.29, 1.82) is 0 Å². The average molecular weight is 651 g/mol. The zero-order valence-electron chi connectivity index (χ0n) is 28.0. The van der Waals surface area contributed by atoms with Gasteiger partial charge in [0, 0.05) is 0 Å². The first kappa shape index (κ1) is 26.1. The highest BCUT2D eigenvalue weighted by Gasteiger charge is 2.26. The van der Waals surface area contributed by atoms with E-state index in [1.807, 2.05) is 0 Å². The Hall–Kier alpha value is -6.76. The van der Waals surface area contributed by atoms with Crippen molar-refractivity contribution in [3.8, 4) is 33.4 Å². The van der Waals surface area contributed by atoms with E-state index in [0.717, 1.165) is 0 Å². The van der Waals surface area contributed by atoms with Gasteiger partial charge in [-0.25, -0.2) is 0 Å². The minimum atomic E-state index is 1.26. The van der Waals surface area contributed by atoms with Gasteiger partial charge >= 0.3 is 0 Å². The minimum Gasteiger partial charge on any atom is -0.0622 e. The molecule has 13 aromatic carbocycles. The molecule has 13 aromatic rings. The van der Waals surface area contributed by atoms with Crippen LogP contribution in [0.4, 0.5) is 0 Å². The van der Waals surface area contributed by atoms with E-state index in [1.165, 1.54) is 141 Å². The molecule has 52 heavy (non-hydrogen) atoms. The Morgan fingerprint density at radius 2 is 0.673 bits per heavy atom. The maximum absolute atomic E-state index is 2.50.